The summed E-state index contributed by atoms with van der Waals surface area (Å²) >= 11 is 0. The highest BCUT2D eigenvalue weighted by atomic mass is 32.2. The molecule has 0 saturated carbocycles. The SMILES string of the molecule is CC[C@H](C(=O)NCc1ccc(OC)cc1)N(c1cccc(OC)c1)S(C)(=O)=O. The largest absolute Gasteiger partial charge is 0.497 e. The minimum atomic E-state index is -3.69. The van der Waals surface area contributed by atoms with E-state index in [4.69, 9.17) is 9.47 Å². The van der Waals surface area contributed by atoms with Gasteiger partial charge in [0.05, 0.1) is 26.2 Å². The average molecular weight is 407 g/mol. The normalized spacial score (nSPS) is 12.1. The Bertz CT molecular complexity index is 897. The maximum absolute atomic E-state index is 12.8. The van der Waals surface area contributed by atoms with Crippen molar-refractivity contribution in [2.75, 3.05) is 24.8 Å². The summed E-state index contributed by atoms with van der Waals surface area (Å²) in [5, 5.41) is 2.82. The van der Waals surface area contributed by atoms with Gasteiger partial charge in [-0.15, -0.1) is 0 Å². The molecule has 0 bridgehead atoms. The molecule has 0 fully saturated rings. The molecule has 0 saturated heterocycles. The van der Waals surface area contributed by atoms with Crippen molar-refractivity contribution in [1.29, 1.82) is 0 Å². The Balaban J connectivity index is 2.23. The number of ether oxygens (including phenoxy) is 2. The van der Waals surface area contributed by atoms with Gasteiger partial charge in [-0.05, 0) is 36.2 Å². The zero-order valence-electron chi connectivity index (χ0n) is 16.5. The molecule has 1 atom stereocenters. The fraction of sp³-hybridized carbons (Fsp3) is 0.350. The van der Waals surface area contributed by atoms with E-state index in [-0.39, 0.29) is 12.5 Å². The van der Waals surface area contributed by atoms with Gasteiger partial charge in [-0.25, -0.2) is 8.42 Å². The Morgan fingerprint density at radius 1 is 1.07 bits per heavy atom. The minimum Gasteiger partial charge on any atom is -0.497 e. The van der Waals surface area contributed by atoms with Gasteiger partial charge >= 0.3 is 0 Å². The van der Waals surface area contributed by atoms with Gasteiger partial charge in [0.25, 0.3) is 0 Å². The monoisotopic (exact) mass is 406 g/mol. The number of nitrogens with zero attached hydrogens (tertiary/aromatic N) is 1. The predicted octanol–water partition coefficient (Wildman–Crippen LogP) is 2.56. The molecule has 152 valence electrons. The van der Waals surface area contributed by atoms with Crippen molar-refractivity contribution in [2.45, 2.75) is 25.9 Å². The summed E-state index contributed by atoms with van der Waals surface area (Å²) in [5.41, 5.74) is 1.27. The zero-order valence-corrected chi connectivity index (χ0v) is 17.3. The van der Waals surface area contributed by atoms with E-state index in [2.05, 4.69) is 5.32 Å². The lowest BCUT2D eigenvalue weighted by Gasteiger charge is -2.30. The maximum atomic E-state index is 12.8. The summed E-state index contributed by atoms with van der Waals surface area (Å²) in [5.74, 6) is 0.869. The van der Waals surface area contributed by atoms with Crippen LogP contribution in [-0.4, -0.2) is 40.8 Å². The van der Waals surface area contributed by atoms with Crippen LogP contribution in [-0.2, 0) is 21.4 Å². The van der Waals surface area contributed by atoms with Gasteiger partial charge in [0.1, 0.15) is 17.5 Å². The average Bonchev–Trinajstić information content (AvgIpc) is 2.69. The lowest BCUT2D eigenvalue weighted by Crippen LogP contribution is -2.49. The van der Waals surface area contributed by atoms with Gasteiger partial charge in [0.2, 0.25) is 15.9 Å². The van der Waals surface area contributed by atoms with Crippen molar-refractivity contribution in [3.8, 4) is 11.5 Å². The second-order valence-corrected chi connectivity index (χ2v) is 8.11. The predicted molar refractivity (Wildman–Crippen MR) is 109 cm³/mol. The fourth-order valence-electron chi connectivity index (χ4n) is 2.86. The quantitative estimate of drug-likeness (QED) is 0.692. The second kappa shape index (κ2) is 9.45. The number of anilines is 1. The van der Waals surface area contributed by atoms with E-state index in [0.29, 0.717) is 17.9 Å². The third-order valence-electron chi connectivity index (χ3n) is 4.26. The van der Waals surface area contributed by atoms with Crippen LogP contribution in [0.2, 0.25) is 0 Å². The molecule has 2 aromatic carbocycles. The van der Waals surface area contributed by atoms with E-state index in [1.54, 1.807) is 50.4 Å². The highest BCUT2D eigenvalue weighted by Gasteiger charge is 2.31. The van der Waals surface area contributed by atoms with Gasteiger partial charge in [-0.3, -0.25) is 9.10 Å². The van der Waals surface area contributed by atoms with Crippen molar-refractivity contribution in [3.63, 3.8) is 0 Å². The van der Waals surface area contributed by atoms with E-state index in [1.165, 1.54) is 7.11 Å². The third kappa shape index (κ3) is 5.39. The van der Waals surface area contributed by atoms with E-state index in [9.17, 15) is 13.2 Å². The third-order valence-corrected chi connectivity index (χ3v) is 5.44. The molecular weight excluding hydrogens is 380 g/mol. The number of hydrogen-bond acceptors (Lipinski definition) is 5. The van der Waals surface area contributed by atoms with Crippen molar-refractivity contribution >= 4 is 21.6 Å². The zero-order chi connectivity index (χ0) is 20.7. The Morgan fingerprint density at radius 3 is 2.25 bits per heavy atom. The molecule has 0 radical (unpaired) electrons. The molecule has 0 spiro atoms. The summed E-state index contributed by atoms with van der Waals surface area (Å²) in [6, 6.07) is 13.1. The lowest BCUT2D eigenvalue weighted by molar-refractivity contribution is -0.122. The first-order valence-corrected chi connectivity index (χ1v) is 10.7. The first kappa shape index (κ1) is 21.6. The Kier molecular flexibility index (Phi) is 7.28. The number of nitrogens with one attached hydrogen (secondary N) is 1. The van der Waals surface area contributed by atoms with Crippen LogP contribution in [0, 0.1) is 0 Å². The highest BCUT2D eigenvalue weighted by Crippen LogP contribution is 2.26. The Labute approximate surface area is 166 Å². The van der Waals surface area contributed by atoms with Crippen LogP contribution in [0.5, 0.6) is 11.5 Å². The van der Waals surface area contributed by atoms with Crippen LogP contribution in [0.25, 0.3) is 0 Å². The molecule has 0 aliphatic carbocycles. The van der Waals surface area contributed by atoms with Gasteiger partial charge in [-0.1, -0.05) is 25.1 Å². The summed E-state index contributed by atoms with van der Waals surface area (Å²) < 4.78 is 36.4. The minimum absolute atomic E-state index is 0.287. The highest BCUT2D eigenvalue weighted by molar-refractivity contribution is 7.92. The molecule has 0 unspecified atom stereocenters. The number of amides is 1. The fourth-order valence-corrected chi connectivity index (χ4v) is 4.06. The molecular formula is C20H26N2O5S. The molecule has 0 aliphatic rings. The van der Waals surface area contributed by atoms with Crippen LogP contribution >= 0.6 is 0 Å². The van der Waals surface area contributed by atoms with E-state index >= 15 is 0 Å². The van der Waals surface area contributed by atoms with Gasteiger partial charge in [0.15, 0.2) is 0 Å². The molecule has 28 heavy (non-hydrogen) atoms. The first-order chi connectivity index (χ1) is 13.3. The standard InChI is InChI=1S/C20H26N2O5S/c1-5-19(20(23)21-14-15-9-11-17(26-2)12-10-15)22(28(4,24)25)16-7-6-8-18(13-16)27-3/h6-13,19H,5,14H2,1-4H3,(H,21,23)/t19-/m1/s1. The van der Waals surface area contributed by atoms with Crippen LogP contribution in [0.3, 0.4) is 0 Å². The van der Waals surface area contributed by atoms with E-state index in [1.807, 2.05) is 12.1 Å². The summed E-state index contributed by atoms with van der Waals surface area (Å²) in [6.07, 6.45) is 1.41. The number of carbonyl (C=O) groups excluding carboxylic acids is 1. The van der Waals surface area contributed by atoms with Gasteiger partial charge in [-0.2, -0.15) is 0 Å². The smallest absolute Gasteiger partial charge is 0.244 e. The number of sulfonamides is 1. The Morgan fingerprint density at radius 2 is 1.71 bits per heavy atom. The maximum Gasteiger partial charge on any atom is 0.244 e. The Hall–Kier alpha value is -2.74. The van der Waals surface area contributed by atoms with Crippen LogP contribution in [0.1, 0.15) is 18.9 Å². The number of hydrogen-bond donors (Lipinski definition) is 1. The van der Waals surface area contributed by atoms with Crippen LogP contribution in [0.4, 0.5) is 5.69 Å². The van der Waals surface area contributed by atoms with Crippen molar-refractivity contribution < 1.29 is 22.7 Å². The topological polar surface area (TPSA) is 84.9 Å². The van der Waals surface area contributed by atoms with Gasteiger partial charge < -0.3 is 14.8 Å². The van der Waals surface area contributed by atoms with Crippen molar-refractivity contribution in [3.05, 3.63) is 54.1 Å². The molecule has 0 heterocycles. The van der Waals surface area contributed by atoms with Crippen molar-refractivity contribution in [1.82, 2.24) is 5.32 Å². The molecule has 1 N–H and O–H groups in total. The summed E-state index contributed by atoms with van der Waals surface area (Å²) in [4.78, 5) is 12.8. The molecule has 7 nitrogen and oxygen atoms in total. The number of methoxy groups -OCH3 is 2. The molecule has 2 rings (SSSR count). The van der Waals surface area contributed by atoms with E-state index in [0.717, 1.165) is 21.9 Å². The molecule has 0 aromatic heterocycles. The lowest BCUT2D eigenvalue weighted by atomic mass is 10.1. The molecule has 1 amide bonds. The number of rotatable bonds is 9. The van der Waals surface area contributed by atoms with Gasteiger partial charge in [0, 0.05) is 12.6 Å². The van der Waals surface area contributed by atoms with Crippen LogP contribution < -0.4 is 19.1 Å². The number of benzene rings is 2. The number of carbonyl (C=O) groups is 1. The first-order valence-electron chi connectivity index (χ1n) is 8.84. The van der Waals surface area contributed by atoms with Crippen LogP contribution in [0.15, 0.2) is 48.5 Å². The molecule has 8 heteroatoms. The summed E-state index contributed by atoms with van der Waals surface area (Å²) in [7, 11) is -0.604. The second-order valence-electron chi connectivity index (χ2n) is 6.25. The molecule has 2 aromatic rings. The molecule has 0 aliphatic heterocycles. The van der Waals surface area contributed by atoms with Crippen molar-refractivity contribution in [2.24, 2.45) is 0 Å². The summed E-state index contributed by atoms with van der Waals surface area (Å²) in [6.45, 7) is 2.06. The van der Waals surface area contributed by atoms with E-state index < -0.39 is 16.1 Å².